The molecule has 0 unspecified atom stereocenters. The van der Waals surface area contributed by atoms with Gasteiger partial charge in [0.15, 0.2) is 0 Å². The van der Waals surface area contributed by atoms with Crippen molar-refractivity contribution in [3.8, 4) is 22.3 Å². The molecule has 346 valence electrons. The van der Waals surface area contributed by atoms with Crippen LogP contribution < -0.4 is 0 Å². The second-order valence-electron chi connectivity index (χ2n) is 25.2. The van der Waals surface area contributed by atoms with E-state index in [1.807, 2.05) is 0 Å². The Morgan fingerprint density at radius 3 is 0.900 bits per heavy atom. The highest BCUT2D eigenvalue weighted by molar-refractivity contribution is 6.32. The van der Waals surface area contributed by atoms with Crippen molar-refractivity contribution in [3.63, 3.8) is 0 Å². The maximum Gasteiger partial charge on any atom is 0.0620 e. The summed E-state index contributed by atoms with van der Waals surface area (Å²) >= 11 is 0. The third-order valence-corrected chi connectivity index (χ3v) is 16.4. The van der Waals surface area contributed by atoms with Gasteiger partial charge in [-0.1, -0.05) is 144 Å². The summed E-state index contributed by atoms with van der Waals surface area (Å²) in [5, 5.41) is 15.8. The SMILES string of the molecule is Cc1ccccc1-c1c2cc3c4cc(C(C)(C)C)cc5c6cc(C(C)(C)C)ccc6n(c3cc2c(-c2ccccc2C)c2cc3c6cc(C(C)(C)C)cc7c8cc(C(C)(C)C)ccc8n(c3cc12)c76)c54. The van der Waals surface area contributed by atoms with Crippen LogP contribution in [0.3, 0.4) is 0 Å². The highest BCUT2D eigenvalue weighted by Gasteiger charge is 2.29. The first-order valence-corrected chi connectivity index (χ1v) is 25.6. The minimum atomic E-state index is -0.0329. The molecule has 0 aliphatic heterocycles. The number of aryl methyl sites for hydroxylation is 2. The molecule has 13 aromatic rings. The zero-order chi connectivity index (χ0) is 48.9. The molecule has 0 aliphatic rings. The molecule has 0 aliphatic carbocycles. The Kier molecular flexibility index (Phi) is 8.57. The van der Waals surface area contributed by atoms with Gasteiger partial charge in [-0.15, -0.1) is 0 Å². The molecule has 4 heterocycles. The van der Waals surface area contributed by atoms with Gasteiger partial charge in [-0.05, 0) is 185 Å². The van der Waals surface area contributed by atoms with Gasteiger partial charge in [0, 0.05) is 43.1 Å². The summed E-state index contributed by atoms with van der Waals surface area (Å²) in [5.74, 6) is 0. The lowest BCUT2D eigenvalue weighted by atomic mass is 9.82. The van der Waals surface area contributed by atoms with Gasteiger partial charge in [0.05, 0.1) is 33.1 Å². The lowest BCUT2D eigenvalue weighted by Crippen LogP contribution is -2.11. The summed E-state index contributed by atoms with van der Waals surface area (Å²) in [7, 11) is 0. The van der Waals surface area contributed by atoms with Crippen LogP contribution in [0, 0.1) is 13.8 Å². The highest BCUT2D eigenvalue weighted by atomic mass is 14.9. The summed E-state index contributed by atoms with van der Waals surface area (Å²) in [5.41, 5.74) is 20.9. The molecule has 0 saturated heterocycles. The van der Waals surface area contributed by atoms with Crippen LogP contribution in [0.2, 0.25) is 0 Å². The fourth-order valence-electron chi connectivity index (χ4n) is 12.4. The summed E-state index contributed by atoms with van der Waals surface area (Å²) < 4.78 is 5.21. The van der Waals surface area contributed by atoms with Crippen LogP contribution in [0.1, 0.15) is 116 Å². The largest absolute Gasteiger partial charge is 0.308 e. The van der Waals surface area contributed by atoms with Crippen molar-refractivity contribution in [2.45, 2.75) is 119 Å². The predicted molar refractivity (Wildman–Crippen MR) is 306 cm³/mol. The molecule has 2 nitrogen and oxygen atoms in total. The smallest absolute Gasteiger partial charge is 0.0620 e. The quantitative estimate of drug-likeness (QED) is 0.153. The summed E-state index contributed by atoms with van der Waals surface area (Å²) in [6.45, 7) is 32.7. The lowest BCUT2D eigenvalue weighted by Gasteiger charge is -2.21. The van der Waals surface area contributed by atoms with E-state index < -0.39 is 0 Å². The van der Waals surface area contributed by atoms with Crippen molar-refractivity contribution >= 4 is 97.7 Å². The first-order chi connectivity index (χ1) is 33.1. The molecule has 70 heavy (non-hydrogen) atoms. The van der Waals surface area contributed by atoms with Crippen LogP contribution in [0.15, 0.2) is 133 Å². The normalized spacial score (nSPS) is 13.6. The summed E-state index contributed by atoms with van der Waals surface area (Å²) in [4.78, 5) is 0. The Bertz CT molecular complexity index is 4100. The number of rotatable bonds is 2. The van der Waals surface area contributed by atoms with Gasteiger partial charge in [0.1, 0.15) is 0 Å². The van der Waals surface area contributed by atoms with Crippen molar-refractivity contribution in [2.24, 2.45) is 0 Å². The molecule has 0 radical (unpaired) electrons. The molecule has 9 aromatic carbocycles. The van der Waals surface area contributed by atoms with Crippen molar-refractivity contribution in [1.82, 2.24) is 8.80 Å². The third-order valence-electron chi connectivity index (χ3n) is 16.4. The third kappa shape index (κ3) is 5.92. The lowest BCUT2D eigenvalue weighted by molar-refractivity contribution is 0.590. The topological polar surface area (TPSA) is 8.82 Å². The molecular weight excluding hydrogens is 845 g/mol. The van der Waals surface area contributed by atoms with E-state index in [0.717, 1.165) is 0 Å². The highest BCUT2D eigenvalue weighted by Crippen LogP contribution is 2.52. The van der Waals surface area contributed by atoms with Crippen molar-refractivity contribution in [1.29, 1.82) is 0 Å². The average molecular weight is 909 g/mol. The fourth-order valence-corrected chi connectivity index (χ4v) is 12.4. The van der Waals surface area contributed by atoms with E-state index in [9.17, 15) is 0 Å². The molecule has 0 spiro atoms. The molecule has 0 atom stereocenters. The predicted octanol–water partition coefficient (Wildman–Crippen LogP) is 19.4. The van der Waals surface area contributed by atoms with E-state index in [0.29, 0.717) is 0 Å². The molecule has 0 amide bonds. The van der Waals surface area contributed by atoms with Crippen LogP contribution in [0.5, 0.6) is 0 Å². The van der Waals surface area contributed by atoms with Gasteiger partial charge in [-0.3, -0.25) is 0 Å². The van der Waals surface area contributed by atoms with Gasteiger partial charge < -0.3 is 8.80 Å². The zero-order valence-electron chi connectivity index (χ0n) is 43.6. The number of hydrogen-bond acceptors (Lipinski definition) is 0. The second kappa shape index (κ2) is 13.9. The molecule has 0 saturated carbocycles. The van der Waals surface area contributed by atoms with Crippen molar-refractivity contribution in [3.05, 3.63) is 167 Å². The van der Waals surface area contributed by atoms with Gasteiger partial charge in [0.2, 0.25) is 0 Å². The van der Waals surface area contributed by atoms with Crippen LogP contribution >= 0.6 is 0 Å². The summed E-state index contributed by atoms with van der Waals surface area (Å²) in [6.07, 6.45) is 0. The van der Waals surface area contributed by atoms with Crippen LogP contribution in [-0.2, 0) is 21.7 Å². The number of fused-ring (bicyclic) bond motifs is 14. The monoisotopic (exact) mass is 909 g/mol. The number of nitrogens with zero attached hydrogens (tertiary/aromatic N) is 2. The number of aromatic nitrogens is 2. The molecule has 2 heteroatoms. The molecule has 0 fully saturated rings. The van der Waals surface area contributed by atoms with Gasteiger partial charge in [0.25, 0.3) is 0 Å². The van der Waals surface area contributed by atoms with E-state index in [4.69, 9.17) is 0 Å². The standard InChI is InChI=1S/C68H64N2/c1-37-19-15-17-21-43(37)61-49-33-47-55-31-41(67(9,10)11)29-53-46-28-40(66(6,7)8)24-26-58(46)70(63(53)55)60(47)36-52(49)62(44-22-18-16-20-38(44)2)50-34-48-56-32-42(68(12,13)14)30-54-45-27-39(65(3,4)5)23-25-57(45)69(64(54)56)59(48)35-51(50)61/h15-36H,1-14H3. The first-order valence-electron chi connectivity index (χ1n) is 25.6. The van der Waals surface area contributed by atoms with Gasteiger partial charge in [-0.25, -0.2) is 0 Å². The Morgan fingerprint density at radius 2 is 0.571 bits per heavy atom. The van der Waals surface area contributed by atoms with E-state index in [2.05, 4.69) is 239 Å². The number of benzene rings is 9. The Morgan fingerprint density at radius 1 is 0.271 bits per heavy atom. The van der Waals surface area contributed by atoms with Crippen LogP contribution in [0.4, 0.5) is 0 Å². The molecular formula is C68H64N2. The van der Waals surface area contributed by atoms with Crippen LogP contribution in [-0.4, -0.2) is 8.80 Å². The Labute approximate surface area is 412 Å². The van der Waals surface area contributed by atoms with Gasteiger partial charge >= 0.3 is 0 Å². The Balaban J connectivity index is 1.28. The number of hydrogen-bond donors (Lipinski definition) is 0. The van der Waals surface area contributed by atoms with Crippen molar-refractivity contribution in [2.75, 3.05) is 0 Å². The molecule has 0 N–H and O–H groups in total. The molecule has 13 rings (SSSR count). The van der Waals surface area contributed by atoms with E-state index in [-0.39, 0.29) is 21.7 Å². The Hall–Kier alpha value is -6.90. The van der Waals surface area contributed by atoms with Gasteiger partial charge in [-0.2, -0.15) is 0 Å². The molecule has 4 aromatic heterocycles. The fraction of sp³-hybridized carbons (Fsp3) is 0.265. The minimum Gasteiger partial charge on any atom is -0.308 e. The maximum absolute atomic E-state index is 2.60. The van der Waals surface area contributed by atoms with E-state index >= 15 is 0 Å². The van der Waals surface area contributed by atoms with Crippen LogP contribution in [0.25, 0.3) is 120 Å². The molecule has 0 bridgehead atoms. The zero-order valence-corrected chi connectivity index (χ0v) is 43.6. The van der Waals surface area contributed by atoms with E-state index in [1.54, 1.807) is 0 Å². The average Bonchev–Trinajstić information content (AvgIpc) is 4.01. The van der Waals surface area contributed by atoms with Crippen molar-refractivity contribution < 1.29 is 0 Å². The van der Waals surface area contributed by atoms with E-state index in [1.165, 1.54) is 153 Å². The maximum atomic E-state index is 2.60. The minimum absolute atomic E-state index is 0.0329. The first kappa shape index (κ1) is 43.1. The summed E-state index contributed by atoms with van der Waals surface area (Å²) in [6, 6.07) is 53.0. The second-order valence-corrected chi connectivity index (χ2v) is 25.2.